The smallest absolute Gasteiger partial charge is 0.303 e. The first-order valence-corrected chi connectivity index (χ1v) is 12.2. The fraction of sp³-hybridized carbons (Fsp3) is 0.333. The number of aromatic nitrogens is 3. The quantitative estimate of drug-likeness (QED) is 0.306. The number of imidazole rings is 1. The summed E-state index contributed by atoms with van der Waals surface area (Å²) in [5.41, 5.74) is 4.36. The molecule has 1 fully saturated rings. The maximum absolute atomic E-state index is 14.1. The van der Waals surface area contributed by atoms with Crippen molar-refractivity contribution in [2.75, 3.05) is 4.90 Å². The number of carbonyl (C=O) groups excluding carboxylic acids is 1. The molecule has 0 saturated carbocycles. The van der Waals surface area contributed by atoms with Crippen molar-refractivity contribution in [2.24, 2.45) is 0 Å². The lowest BCUT2D eigenvalue weighted by Gasteiger charge is -2.25. The van der Waals surface area contributed by atoms with Gasteiger partial charge in [0.2, 0.25) is 5.91 Å². The minimum absolute atomic E-state index is 0.0566. The van der Waals surface area contributed by atoms with Gasteiger partial charge in [0, 0.05) is 36.7 Å². The number of unbranched alkanes of at least 4 members (excludes halogenated alkanes) is 1. The van der Waals surface area contributed by atoms with E-state index in [-0.39, 0.29) is 24.4 Å². The van der Waals surface area contributed by atoms with E-state index in [4.69, 9.17) is 14.6 Å². The summed E-state index contributed by atoms with van der Waals surface area (Å²) in [5, 5.41) is 13.1. The molecule has 0 radical (unpaired) electrons. The summed E-state index contributed by atoms with van der Waals surface area (Å²) < 4.78 is 35.0. The highest BCUT2D eigenvalue weighted by Crippen LogP contribution is 2.39. The highest BCUT2D eigenvalue weighted by atomic mass is 19.2. The molecule has 0 aliphatic carbocycles. The van der Waals surface area contributed by atoms with Crippen LogP contribution >= 0.6 is 0 Å². The fourth-order valence-electron chi connectivity index (χ4n) is 5.12. The van der Waals surface area contributed by atoms with Crippen molar-refractivity contribution in [1.29, 1.82) is 0 Å². The minimum atomic E-state index is -1.03. The van der Waals surface area contributed by atoms with Crippen LogP contribution in [0.1, 0.15) is 55.4 Å². The summed E-state index contributed by atoms with van der Waals surface area (Å²) in [6.45, 7) is 4.21. The van der Waals surface area contributed by atoms with Crippen molar-refractivity contribution in [1.82, 2.24) is 14.7 Å². The van der Waals surface area contributed by atoms with Crippen molar-refractivity contribution in [3.63, 3.8) is 0 Å². The minimum Gasteiger partial charge on any atom is -0.481 e. The number of fused-ring (bicyclic) bond motifs is 1. The standard InChI is InChI=1S/C27H26F2N4O4/c1-15-26(16(2)37-31-15)17-6-9-22-21(13-17)30-27(32(22)12-4-3-5-25(35)36)23-10-11-24(34)33(23)18-7-8-19(28)20(29)14-18/h6-9,13-14,23H,3-5,10-12H2,1-2H3,(H,35,36). The number of hydrogen-bond donors (Lipinski definition) is 1. The number of aryl methyl sites for hydroxylation is 3. The van der Waals surface area contributed by atoms with E-state index >= 15 is 0 Å². The SMILES string of the molecule is Cc1noc(C)c1-c1ccc2c(c1)nc(C1CCC(=O)N1c1ccc(F)c(F)c1)n2CCCCC(=O)O. The molecule has 1 unspecified atom stereocenters. The van der Waals surface area contributed by atoms with Gasteiger partial charge in [0.05, 0.1) is 22.8 Å². The number of halogens is 2. The van der Waals surface area contributed by atoms with Crippen LogP contribution in [-0.2, 0) is 16.1 Å². The second-order valence-corrected chi connectivity index (χ2v) is 9.29. The van der Waals surface area contributed by atoms with Gasteiger partial charge in [0.1, 0.15) is 11.6 Å². The zero-order chi connectivity index (χ0) is 26.3. The van der Waals surface area contributed by atoms with E-state index in [9.17, 15) is 18.4 Å². The van der Waals surface area contributed by atoms with E-state index < -0.39 is 23.6 Å². The first kappa shape index (κ1) is 24.6. The van der Waals surface area contributed by atoms with Crippen molar-refractivity contribution in [3.8, 4) is 11.1 Å². The monoisotopic (exact) mass is 508 g/mol. The largest absolute Gasteiger partial charge is 0.481 e. The summed E-state index contributed by atoms with van der Waals surface area (Å²) in [5.74, 6) is -1.75. The number of benzene rings is 2. The van der Waals surface area contributed by atoms with Gasteiger partial charge >= 0.3 is 5.97 Å². The molecule has 0 spiro atoms. The van der Waals surface area contributed by atoms with E-state index in [1.165, 1.54) is 11.0 Å². The van der Waals surface area contributed by atoms with Gasteiger partial charge in [-0.25, -0.2) is 13.8 Å². The highest BCUT2D eigenvalue weighted by Gasteiger charge is 2.37. The van der Waals surface area contributed by atoms with E-state index in [2.05, 4.69) is 5.16 Å². The van der Waals surface area contributed by atoms with E-state index in [0.29, 0.717) is 42.9 Å². The Hall–Kier alpha value is -4.08. The normalized spacial score (nSPS) is 15.7. The molecule has 1 aliphatic rings. The molecule has 1 saturated heterocycles. The Morgan fingerprint density at radius 3 is 2.65 bits per heavy atom. The molecule has 4 aromatic rings. The number of anilines is 1. The Morgan fingerprint density at radius 2 is 1.95 bits per heavy atom. The average molecular weight is 509 g/mol. The molecule has 3 heterocycles. The second-order valence-electron chi connectivity index (χ2n) is 9.29. The van der Waals surface area contributed by atoms with Crippen molar-refractivity contribution in [3.05, 3.63) is 65.3 Å². The van der Waals surface area contributed by atoms with Crippen LogP contribution in [0.3, 0.4) is 0 Å². The molecule has 2 aromatic carbocycles. The molecule has 1 atom stereocenters. The molecule has 5 rings (SSSR count). The molecule has 2 aromatic heterocycles. The lowest BCUT2D eigenvalue weighted by Crippen LogP contribution is -2.29. The highest BCUT2D eigenvalue weighted by molar-refractivity contribution is 5.96. The van der Waals surface area contributed by atoms with E-state index in [0.717, 1.165) is 34.5 Å². The Kier molecular flexibility index (Phi) is 6.49. The Labute approximate surface area is 211 Å². The van der Waals surface area contributed by atoms with Gasteiger partial charge in [0.25, 0.3) is 0 Å². The van der Waals surface area contributed by atoms with Crippen molar-refractivity contribution in [2.45, 2.75) is 58.5 Å². The first-order valence-electron chi connectivity index (χ1n) is 12.2. The van der Waals surface area contributed by atoms with Crippen LogP contribution in [0.4, 0.5) is 14.5 Å². The molecule has 37 heavy (non-hydrogen) atoms. The number of rotatable bonds is 8. The predicted molar refractivity (Wildman–Crippen MR) is 132 cm³/mol. The maximum atomic E-state index is 14.1. The maximum Gasteiger partial charge on any atom is 0.303 e. The topological polar surface area (TPSA) is 101 Å². The van der Waals surface area contributed by atoms with Gasteiger partial charge in [-0.2, -0.15) is 0 Å². The summed E-state index contributed by atoms with van der Waals surface area (Å²) in [6, 6.07) is 8.80. The number of nitrogens with zero attached hydrogens (tertiary/aromatic N) is 4. The van der Waals surface area contributed by atoms with Crippen LogP contribution in [0.15, 0.2) is 40.9 Å². The van der Waals surface area contributed by atoms with Gasteiger partial charge in [-0.05, 0) is 62.9 Å². The number of hydrogen-bond acceptors (Lipinski definition) is 5. The molecule has 1 aliphatic heterocycles. The van der Waals surface area contributed by atoms with Crippen LogP contribution < -0.4 is 4.90 Å². The molecule has 0 bridgehead atoms. The van der Waals surface area contributed by atoms with Crippen LogP contribution in [0, 0.1) is 25.5 Å². The summed E-state index contributed by atoms with van der Waals surface area (Å²) >= 11 is 0. The van der Waals surface area contributed by atoms with Crippen LogP contribution in [0.2, 0.25) is 0 Å². The Bertz CT molecular complexity index is 1490. The molecule has 192 valence electrons. The Balaban J connectivity index is 1.59. The number of amides is 1. The Morgan fingerprint density at radius 1 is 1.14 bits per heavy atom. The number of carboxylic acids is 1. The summed E-state index contributed by atoms with van der Waals surface area (Å²) in [6.07, 6.45) is 1.86. The molecule has 1 N–H and O–H groups in total. The van der Waals surface area contributed by atoms with Crippen LogP contribution in [-0.4, -0.2) is 31.7 Å². The lowest BCUT2D eigenvalue weighted by atomic mass is 10.0. The predicted octanol–water partition coefficient (Wildman–Crippen LogP) is 5.71. The zero-order valence-corrected chi connectivity index (χ0v) is 20.5. The van der Waals surface area contributed by atoms with Gasteiger partial charge in [-0.1, -0.05) is 11.2 Å². The third-order valence-electron chi connectivity index (χ3n) is 6.81. The first-order chi connectivity index (χ1) is 17.7. The van der Waals surface area contributed by atoms with Gasteiger partial charge in [-0.3, -0.25) is 9.59 Å². The van der Waals surface area contributed by atoms with E-state index in [1.54, 1.807) is 0 Å². The van der Waals surface area contributed by atoms with E-state index in [1.807, 2.05) is 36.6 Å². The lowest BCUT2D eigenvalue weighted by molar-refractivity contribution is -0.137. The molecule has 10 heteroatoms. The van der Waals surface area contributed by atoms with Crippen molar-refractivity contribution < 1.29 is 28.0 Å². The number of aliphatic carboxylic acids is 1. The van der Waals surface area contributed by atoms with Gasteiger partial charge in [-0.15, -0.1) is 0 Å². The van der Waals surface area contributed by atoms with Gasteiger partial charge in [0.15, 0.2) is 11.6 Å². The van der Waals surface area contributed by atoms with Crippen LogP contribution in [0.25, 0.3) is 22.2 Å². The number of carboxylic acid groups (broad SMARTS) is 1. The summed E-state index contributed by atoms with van der Waals surface area (Å²) in [7, 11) is 0. The zero-order valence-electron chi connectivity index (χ0n) is 20.5. The third kappa shape index (κ3) is 4.59. The molecular formula is C27H26F2N4O4. The molecule has 1 amide bonds. The van der Waals surface area contributed by atoms with Gasteiger partial charge < -0.3 is 19.1 Å². The summed E-state index contributed by atoms with van der Waals surface area (Å²) in [4.78, 5) is 30.3. The fourth-order valence-corrected chi connectivity index (χ4v) is 5.12. The van der Waals surface area contributed by atoms with Crippen LogP contribution in [0.5, 0.6) is 0 Å². The van der Waals surface area contributed by atoms with Crippen molar-refractivity contribution >= 4 is 28.6 Å². The molecular weight excluding hydrogens is 482 g/mol. The number of carbonyl (C=O) groups is 2. The average Bonchev–Trinajstić information content (AvgIpc) is 3.52. The second kappa shape index (κ2) is 9.76. The molecule has 8 nitrogen and oxygen atoms in total. The third-order valence-corrected chi connectivity index (χ3v) is 6.81.